The van der Waals surface area contributed by atoms with Crippen molar-refractivity contribution in [1.82, 2.24) is 5.32 Å². The van der Waals surface area contributed by atoms with Crippen LogP contribution in [0, 0.1) is 5.82 Å². The summed E-state index contributed by atoms with van der Waals surface area (Å²) in [6.45, 7) is 6.47. The largest absolute Gasteiger partial charge is 0.380 e. The van der Waals surface area contributed by atoms with Gasteiger partial charge in [-0.25, -0.2) is 4.39 Å². The maximum absolute atomic E-state index is 12.6. The van der Waals surface area contributed by atoms with Crippen LogP contribution in [0.3, 0.4) is 0 Å². The van der Waals surface area contributed by atoms with Crippen LogP contribution in [0.25, 0.3) is 0 Å². The molecule has 16 heavy (non-hydrogen) atoms. The summed E-state index contributed by atoms with van der Waals surface area (Å²) >= 11 is 0. The lowest BCUT2D eigenvalue weighted by atomic mass is 10.1. The van der Waals surface area contributed by atoms with E-state index in [-0.39, 0.29) is 5.82 Å². The fraction of sp³-hybridized carbons (Fsp3) is 0.538. The molecule has 0 saturated heterocycles. The van der Waals surface area contributed by atoms with Crippen molar-refractivity contribution in [2.45, 2.75) is 26.3 Å². The van der Waals surface area contributed by atoms with Gasteiger partial charge in [0.15, 0.2) is 0 Å². The predicted octanol–water partition coefficient (Wildman–Crippen LogP) is 2.38. The van der Waals surface area contributed by atoms with Crippen molar-refractivity contribution in [3.8, 4) is 0 Å². The molecule has 1 rings (SSSR count). The molecule has 1 aromatic rings. The second-order valence-corrected chi connectivity index (χ2v) is 3.89. The summed E-state index contributed by atoms with van der Waals surface area (Å²) in [4.78, 5) is 0. The van der Waals surface area contributed by atoms with Gasteiger partial charge in [-0.1, -0.05) is 12.1 Å². The molecular formula is C13H20FNO. The summed E-state index contributed by atoms with van der Waals surface area (Å²) in [6.07, 6.45) is 0.913. The Kier molecular flexibility index (Phi) is 6.04. The molecule has 0 radical (unpaired) electrons. The summed E-state index contributed by atoms with van der Waals surface area (Å²) in [5, 5.41) is 3.36. The number of benzene rings is 1. The average molecular weight is 225 g/mol. The quantitative estimate of drug-likeness (QED) is 0.769. The second kappa shape index (κ2) is 7.36. The zero-order chi connectivity index (χ0) is 11.8. The van der Waals surface area contributed by atoms with Crippen LogP contribution in [-0.4, -0.2) is 25.8 Å². The summed E-state index contributed by atoms with van der Waals surface area (Å²) in [6, 6.07) is 7.01. The van der Waals surface area contributed by atoms with Crippen molar-refractivity contribution in [2.75, 3.05) is 19.8 Å². The van der Waals surface area contributed by atoms with Crippen LogP contribution in [0.4, 0.5) is 4.39 Å². The maximum Gasteiger partial charge on any atom is 0.123 e. The molecule has 0 saturated carbocycles. The highest BCUT2D eigenvalue weighted by Gasteiger charge is 2.00. The molecule has 90 valence electrons. The number of rotatable bonds is 7. The third kappa shape index (κ3) is 5.24. The molecule has 0 aliphatic carbocycles. The topological polar surface area (TPSA) is 21.3 Å². The molecule has 0 aliphatic rings. The Balaban J connectivity index is 2.17. The second-order valence-electron chi connectivity index (χ2n) is 3.89. The summed E-state index contributed by atoms with van der Waals surface area (Å²) < 4.78 is 17.9. The van der Waals surface area contributed by atoms with E-state index in [9.17, 15) is 4.39 Å². The Labute approximate surface area is 96.8 Å². The number of hydrogen-bond acceptors (Lipinski definition) is 2. The highest BCUT2D eigenvalue weighted by Crippen LogP contribution is 2.02. The first-order chi connectivity index (χ1) is 7.72. The molecule has 2 nitrogen and oxygen atoms in total. The van der Waals surface area contributed by atoms with E-state index in [1.807, 2.05) is 19.1 Å². The van der Waals surface area contributed by atoms with Crippen molar-refractivity contribution in [1.29, 1.82) is 0 Å². The lowest BCUT2D eigenvalue weighted by molar-refractivity contribution is 0.127. The molecular weight excluding hydrogens is 205 g/mol. The zero-order valence-corrected chi connectivity index (χ0v) is 10.0. The van der Waals surface area contributed by atoms with E-state index in [2.05, 4.69) is 12.2 Å². The minimum absolute atomic E-state index is 0.179. The SMILES string of the molecule is CCOCC(C)NCCc1ccc(F)cc1. The lowest BCUT2D eigenvalue weighted by Gasteiger charge is -2.13. The van der Waals surface area contributed by atoms with Crippen molar-refractivity contribution >= 4 is 0 Å². The van der Waals surface area contributed by atoms with E-state index in [1.165, 1.54) is 12.1 Å². The molecule has 1 unspecified atom stereocenters. The smallest absolute Gasteiger partial charge is 0.123 e. The van der Waals surface area contributed by atoms with Crippen LogP contribution in [0.1, 0.15) is 19.4 Å². The fourth-order valence-electron chi connectivity index (χ4n) is 1.47. The van der Waals surface area contributed by atoms with E-state index in [1.54, 1.807) is 0 Å². The van der Waals surface area contributed by atoms with Gasteiger partial charge < -0.3 is 10.1 Å². The van der Waals surface area contributed by atoms with Crippen molar-refractivity contribution in [3.63, 3.8) is 0 Å². The van der Waals surface area contributed by atoms with Crippen molar-refractivity contribution < 1.29 is 9.13 Å². The number of ether oxygens (including phenoxy) is 1. The molecule has 3 heteroatoms. The number of hydrogen-bond donors (Lipinski definition) is 1. The number of halogens is 1. The van der Waals surface area contributed by atoms with Gasteiger partial charge in [0, 0.05) is 12.6 Å². The molecule has 1 N–H and O–H groups in total. The Morgan fingerprint density at radius 3 is 2.62 bits per heavy atom. The van der Waals surface area contributed by atoms with E-state index in [4.69, 9.17) is 4.74 Å². The Hall–Kier alpha value is -0.930. The van der Waals surface area contributed by atoms with E-state index >= 15 is 0 Å². The molecule has 1 aromatic carbocycles. The third-order valence-electron chi connectivity index (χ3n) is 2.39. The van der Waals surface area contributed by atoms with Crippen LogP contribution in [-0.2, 0) is 11.2 Å². The fourth-order valence-corrected chi connectivity index (χ4v) is 1.47. The van der Waals surface area contributed by atoms with Gasteiger partial charge >= 0.3 is 0 Å². The first-order valence-corrected chi connectivity index (χ1v) is 5.78. The van der Waals surface area contributed by atoms with Crippen molar-refractivity contribution in [3.05, 3.63) is 35.6 Å². The predicted molar refractivity (Wildman–Crippen MR) is 64.1 cm³/mol. The van der Waals surface area contributed by atoms with E-state index in [0.717, 1.165) is 31.7 Å². The highest BCUT2D eigenvalue weighted by molar-refractivity contribution is 5.16. The molecule has 0 amide bonds. The molecule has 0 heterocycles. The van der Waals surface area contributed by atoms with Gasteiger partial charge in [-0.15, -0.1) is 0 Å². The zero-order valence-electron chi connectivity index (χ0n) is 10.0. The van der Waals surface area contributed by atoms with Gasteiger partial charge in [0.05, 0.1) is 6.61 Å². The standard InChI is InChI=1S/C13H20FNO/c1-3-16-10-11(2)15-9-8-12-4-6-13(14)7-5-12/h4-7,11,15H,3,8-10H2,1-2H3. The molecule has 0 spiro atoms. The van der Waals surface area contributed by atoms with Crippen LogP contribution >= 0.6 is 0 Å². The van der Waals surface area contributed by atoms with Gasteiger partial charge in [0.25, 0.3) is 0 Å². The van der Waals surface area contributed by atoms with Crippen LogP contribution in [0.2, 0.25) is 0 Å². The molecule has 0 aromatic heterocycles. The summed E-state index contributed by atoms with van der Waals surface area (Å²) in [7, 11) is 0. The lowest BCUT2D eigenvalue weighted by Crippen LogP contribution is -2.32. The summed E-state index contributed by atoms with van der Waals surface area (Å²) in [5.74, 6) is -0.179. The van der Waals surface area contributed by atoms with E-state index in [0.29, 0.717) is 6.04 Å². The minimum atomic E-state index is -0.179. The number of nitrogens with one attached hydrogen (secondary N) is 1. The highest BCUT2D eigenvalue weighted by atomic mass is 19.1. The van der Waals surface area contributed by atoms with E-state index < -0.39 is 0 Å². The molecule has 0 bridgehead atoms. The van der Waals surface area contributed by atoms with Gasteiger partial charge in [-0.05, 0) is 44.5 Å². The van der Waals surface area contributed by atoms with Gasteiger partial charge in [0.2, 0.25) is 0 Å². The molecule has 1 atom stereocenters. The van der Waals surface area contributed by atoms with Gasteiger partial charge in [0.1, 0.15) is 5.82 Å². The van der Waals surface area contributed by atoms with Gasteiger partial charge in [-0.2, -0.15) is 0 Å². The first-order valence-electron chi connectivity index (χ1n) is 5.78. The van der Waals surface area contributed by atoms with Crippen LogP contribution < -0.4 is 5.32 Å². The Bertz CT molecular complexity index is 286. The average Bonchev–Trinajstić information content (AvgIpc) is 2.29. The van der Waals surface area contributed by atoms with Crippen LogP contribution in [0.15, 0.2) is 24.3 Å². The molecule has 0 aliphatic heterocycles. The van der Waals surface area contributed by atoms with Crippen LogP contribution in [0.5, 0.6) is 0 Å². The summed E-state index contributed by atoms with van der Waals surface area (Å²) in [5.41, 5.74) is 1.15. The minimum Gasteiger partial charge on any atom is -0.380 e. The molecule has 0 fully saturated rings. The normalized spacial score (nSPS) is 12.7. The van der Waals surface area contributed by atoms with Gasteiger partial charge in [-0.3, -0.25) is 0 Å². The monoisotopic (exact) mass is 225 g/mol. The first kappa shape index (κ1) is 13.1. The maximum atomic E-state index is 12.6. The third-order valence-corrected chi connectivity index (χ3v) is 2.39. The Morgan fingerprint density at radius 1 is 1.31 bits per heavy atom. The Morgan fingerprint density at radius 2 is 2.00 bits per heavy atom. The van der Waals surface area contributed by atoms with Crippen molar-refractivity contribution in [2.24, 2.45) is 0 Å².